The number of fused-ring (bicyclic) bond motifs is 1. The van der Waals surface area contributed by atoms with E-state index in [9.17, 15) is 14.4 Å². The minimum atomic E-state index is -0.345. The van der Waals surface area contributed by atoms with Gasteiger partial charge in [0.25, 0.3) is 0 Å². The van der Waals surface area contributed by atoms with Gasteiger partial charge in [-0.3, -0.25) is 14.4 Å². The van der Waals surface area contributed by atoms with Gasteiger partial charge in [0.05, 0.1) is 19.1 Å². The lowest BCUT2D eigenvalue weighted by Crippen LogP contribution is -2.50. The molecule has 0 aromatic heterocycles. The van der Waals surface area contributed by atoms with Gasteiger partial charge in [-0.2, -0.15) is 0 Å². The summed E-state index contributed by atoms with van der Waals surface area (Å²) in [4.78, 5) is 38.5. The van der Waals surface area contributed by atoms with Crippen LogP contribution in [0, 0.1) is 11.8 Å². The second kappa shape index (κ2) is 10.4. The van der Waals surface area contributed by atoms with Crippen LogP contribution in [0.25, 0.3) is 0 Å². The van der Waals surface area contributed by atoms with Gasteiger partial charge in [0.2, 0.25) is 17.7 Å². The Balaban J connectivity index is 1.70. The molecule has 1 aliphatic carbocycles. The van der Waals surface area contributed by atoms with Crippen molar-refractivity contribution in [2.45, 2.75) is 32.2 Å². The first kappa shape index (κ1) is 22.1. The fourth-order valence-corrected chi connectivity index (χ4v) is 3.64. The number of ether oxygens (including phenoxy) is 1. The molecule has 3 rings (SSSR count). The van der Waals surface area contributed by atoms with Crippen LogP contribution in [0.2, 0.25) is 0 Å². The van der Waals surface area contributed by atoms with Crippen molar-refractivity contribution < 1.29 is 19.1 Å². The van der Waals surface area contributed by atoms with Crippen LogP contribution in [0.1, 0.15) is 25.3 Å². The average Bonchev–Trinajstić information content (AvgIpc) is 3.56. The number of benzene rings is 1. The Morgan fingerprint density at radius 3 is 2.60 bits per heavy atom. The maximum atomic E-state index is 12.8. The Morgan fingerprint density at radius 1 is 1.07 bits per heavy atom. The summed E-state index contributed by atoms with van der Waals surface area (Å²) in [6, 6.07) is 7.59. The second-order valence-electron chi connectivity index (χ2n) is 8.31. The number of carbonyl (C=O) groups excluding carboxylic acids is 3. The van der Waals surface area contributed by atoms with Crippen molar-refractivity contribution in [1.82, 2.24) is 20.9 Å². The zero-order valence-corrected chi connectivity index (χ0v) is 17.8. The van der Waals surface area contributed by atoms with Crippen molar-refractivity contribution in [1.29, 1.82) is 0 Å². The number of amides is 3. The number of hydrogen-bond donors (Lipinski definition) is 3. The molecule has 1 fully saturated rings. The first-order chi connectivity index (χ1) is 14.4. The SMILES string of the molecule is CC1CNC(=O)CNC(=O)CN(C)C(=O)C(C2CC2)NCCOc2ccccc2C1. The molecule has 3 amide bonds. The Hall–Kier alpha value is -2.61. The summed E-state index contributed by atoms with van der Waals surface area (Å²) in [6.45, 7) is 3.40. The van der Waals surface area contributed by atoms with Crippen molar-refractivity contribution in [3.05, 3.63) is 29.8 Å². The molecule has 1 aromatic carbocycles. The van der Waals surface area contributed by atoms with Crippen molar-refractivity contribution >= 4 is 17.7 Å². The minimum absolute atomic E-state index is 0.0721. The van der Waals surface area contributed by atoms with E-state index in [4.69, 9.17) is 4.74 Å². The highest BCUT2D eigenvalue weighted by molar-refractivity contribution is 5.89. The summed E-state index contributed by atoms with van der Waals surface area (Å²) in [7, 11) is 1.62. The fraction of sp³-hybridized carbons (Fsp3) is 0.591. The molecule has 1 aliphatic heterocycles. The van der Waals surface area contributed by atoms with Crippen molar-refractivity contribution in [2.75, 3.05) is 39.8 Å². The van der Waals surface area contributed by atoms with E-state index in [1.165, 1.54) is 4.90 Å². The van der Waals surface area contributed by atoms with Gasteiger partial charge in [0, 0.05) is 20.1 Å². The fourth-order valence-electron chi connectivity index (χ4n) is 3.64. The summed E-state index contributed by atoms with van der Waals surface area (Å²) >= 11 is 0. The molecule has 2 unspecified atom stereocenters. The van der Waals surface area contributed by atoms with Crippen LogP contribution >= 0.6 is 0 Å². The molecule has 0 saturated heterocycles. The van der Waals surface area contributed by atoms with Gasteiger partial charge in [-0.05, 0) is 42.7 Å². The van der Waals surface area contributed by atoms with Crippen molar-refractivity contribution in [3.63, 3.8) is 0 Å². The van der Waals surface area contributed by atoms with Gasteiger partial charge in [-0.1, -0.05) is 25.1 Å². The molecule has 3 N–H and O–H groups in total. The molecule has 2 aliphatic rings. The smallest absolute Gasteiger partial charge is 0.240 e. The summed E-state index contributed by atoms with van der Waals surface area (Å²) in [5, 5.41) is 8.76. The summed E-state index contributed by atoms with van der Waals surface area (Å²) in [6.07, 6.45) is 2.78. The number of likely N-dealkylation sites (N-methyl/N-ethyl adjacent to an activating group) is 1. The van der Waals surface area contributed by atoms with E-state index in [1.54, 1.807) is 7.05 Å². The number of nitrogens with one attached hydrogen (secondary N) is 3. The number of rotatable bonds is 1. The lowest BCUT2D eigenvalue weighted by molar-refractivity contribution is -0.137. The van der Waals surface area contributed by atoms with Gasteiger partial charge in [-0.15, -0.1) is 0 Å². The van der Waals surface area contributed by atoms with Crippen LogP contribution in [-0.4, -0.2) is 68.5 Å². The lowest BCUT2D eigenvalue weighted by Gasteiger charge is -2.24. The molecule has 8 heteroatoms. The predicted octanol–water partition coefficient (Wildman–Crippen LogP) is 0.317. The molecule has 0 radical (unpaired) electrons. The van der Waals surface area contributed by atoms with Gasteiger partial charge in [-0.25, -0.2) is 0 Å². The Labute approximate surface area is 177 Å². The maximum absolute atomic E-state index is 12.8. The number of carbonyl (C=O) groups is 3. The molecule has 1 heterocycles. The van der Waals surface area contributed by atoms with E-state index in [1.807, 2.05) is 24.3 Å². The van der Waals surface area contributed by atoms with Crippen LogP contribution in [0.5, 0.6) is 5.75 Å². The van der Waals surface area contributed by atoms with E-state index in [0.29, 0.717) is 25.6 Å². The van der Waals surface area contributed by atoms with Gasteiger partial charge >= 0.3 is 0 Å². The summed E-state index contributed by atoms with van der Waals surface area (Å²) in [5.41, 5.74) is 1.09. The van der Waals surface area contributed by atoms with Crippen LogP contribution in [0.15, 0.2) is 24.3 Å². The van der Waals surface area contributed by atoms with Crippen molar-refractivity contribution in [3.8, 4) is 5.75 Å². The second-order valence-corrected chi connectivity index (χ2v) is 8.31. The average molecular weight is 417 g/mol. The predicted molar refractivity (Wildman–Crippen MR) is 113 cm³/mol. The number of hydrogen-bond acceptors (Lipinski definition) is 5. The molecular weight excluding hydrogens is 384 g/mol. The first-order valence-electron chi connectivity index (χ1n) is 10.7. The quantitative estimate of drug-likeness (QED) is 0.612. The Kier molecular flexibility index (Phi) is 7.68. The third kappa shape index (κ3) is 6.45. The highest BCUT2D eigenvalue weighted by Gasteiger charge is 2.37. The van der Waals surface area contributed by atoms with E-state index >= 15 is 0 Å². The van der Waals surface area contributed by atoms with E-state index in [0.717, 1.165) is 30.6 Å². The minimum Gasteiger partial charge on any atom is -0.492 e. The highest BCUT2D eigenvalue weighted by Crippen LogP contribution is 2.33. The summed E-state index contributed by atoms with van der Waals surface area (Å²) in [5.74, 6) is 0.654. The number of para-hydroxylation sites is 1. The highest BCUT2D eigenvalue weighted by atomic mass is 16.5. The monoisotopic (exact) mass is 416 g/mol. The lowest BCUT2D eigenvalue weighted by atomic mass is 10.0. The topological polar surface area (TPSA) is 99.8 Å². The Bertz CT molecular complexity index is 765. The molecule has 164 valence electrons. The van der Waals surface area contributed by atoms with E-state index in [-0.39, 0.29) is 42.8 Å². The zero-order valence-electron chi connectivity index (χ0n) is 17.8. The molecule has 1 aromatic rings. The van der Waals surface area contributed by atoms with E-state index in [2.05, 4.69) is 22.9 Å². The van der Waals surface area contributed by atoms with Crippen LogP contribution < -0.4 is 20.7 Å². The molecule has 8 nitrogen and oxygen atoms in total. The van der Waals surface area contributed by atoms with Crippen LogP contribution in [0.4, 0.5) is 0 Å². The Morgan fingerprint density at radius 2 is 1.83 bits per heavy atom. The van der Waals surface area contributed by atoms with Crippen molar-refractivity contribution in [2.24, 2.45) is 11.8 Å². The van der Waals surface area contributed by atoms with Crippen LogP contribution in [0.3, 0.4) is 0 Å². The zero-order chi connectivity index (χ0) is 21.5. The molecule has 0 bridgehead atoms. The molecule has 0 spiro atoms. The normalized spacial score (nSPS) is 25.3. The third-order valence-corrected chi connectivity index (χ3v) is 5.48. The maximum Gasteiger partial charge on any atom is 0.240 e. The third-order valence-electron chi connectivity index (χ3n) is 5.48. The van der Waals surface area contributed by atoms with Crippen LogP contribution in [-0.2, 0) is 20.8 Å². The molecule has 1 saturated carbocycles. The van der Waals surface area contributed by atoms with Gasteiger partial charge < -0.3 is 25.6 Å². The summed E-state index contributed by atoms with van der Waals surface area (Å²) < 4.78 is 5.99. The standard InChI is InChI=1S/C22H32N4O4/c1-15-11-17-5-3-4-6-18(17)30-10-9-23-21(16-7-8-16)22(29)26(2)14-20(28)25-13-19(27)24-12-15/h3-6,15-16,21,23H,7-14H2,1-2H3,(H,24,27)(H,25,28). The molecular formula is C22H32N4O4. The molecule has 30 heavy (non-hydrogen) atoms. The first-order valence-corrected chi connectivity index (χ1v) is 10.7. The molecule has 2 atom stereocenters. The number of nitrogens with zero attached hydrogens (tertiary/aromatic N) is 1. The van der Waals surface area contributed by atoms with E-state index < -0.39 is 0 Å². The van der Waals surface area contributed by atoms with Gasteiger partial charge in [0.15, 0.2) is 0 Å². The largest absolute Gasteiger partial charge is 0.492 e. The van der Waals surface area contributed by atoms with Gasteiger partial charge in [0.1, 0.15) is 12.4 Å².